The van der Waals surface area contributed by atoms with Gasteiger partial charge in [-0.25, -0.2) is 9.78 Å². The van der Waals surface area contributed by atoms with Crippen LogP contribution in [0.5, 0.6) is 0 Å². The Bertz CT molecular complexity index is 399. The van der Waals surface area contributed by atoms with Gasteiger partial charge < -0.3 is 10.1 Å². The van der Waals surface area contributed by atoms with Crippen LogP contribution in [0.25, 0.3) is 0 Å². The van der Waals surface area contributed by atoms with Gasteiger partial charge in [0, 0.05) is 6.54 Å². The highest BCUT2D eigenvalue weighted by Gasteiger charge is 2.16. The highest BCUT2D eigenvalue weighted by atomic mass is 35.5. The number of ether oxygens (including phenoxy) is 1. The first-order chi connectivity index (χ1) is 9.19. The second-order valence-electron chi connectivity index (χ2n) is 3.96. The van der Waals surface area contributed by atoms with Gasteiger partial charge in [-0.15, -0.1) is 0 Å². The molecule has 0 aromatic carbocycles. The smallest absolute Gasteiger partial charge is 0.351 e. The van der Waals surface area contributed by atoms with E-state index in [4.69, 9.17) is 11.6 Å². The van der Waals surface area contributed by atoms with Gasteiger partial charge in [0.25, 0.3) is 0 Å². The van der Waals surface area contributed by atoms with Crippen LogP contribution in [0.2, 0.25) is 5.15 Å². The molecule has 0 aliphatic heterocycles. The largest absolute Gasteiger partial charge is 0.465 e. The van der Waals surface area contributed by atoms with Crippen LogP contribution >= 0.6 is 34.7 Å². The maximum atomic E-state index is 11.4. The van der Waals surface area contributed by atoms with Crippen LogP contribution < -0.4 is 5.32 Å². The van der Waals surface area contributed by atoms with E-state index in [2.05, 4.69) is 21.3 Å². The number of aromatic nitrogens is 1. The maximum absolute atomic E-state index is 11.4. The van der Waals surface area contributed by atoms with Crippen molar-refractivity contribution in [2.75, 3.05) is 31.0 Å². The number of thiazole rings is 1. The van der Waals surface area contributed by atoms with Crippen molar-refractivity contribution in [2.45, 2.75) is 25.7 Å². The molecule has 1 N–H and O–H groups in total. The Labute approximate surface area is 127 Å². The summed E-state index contributed by atoms with van der Waals surface area (Å²) in [6.45, 7) is 0.851. The second-order valence-corrected chi connectivity index (χ2v) is 6.31. The molecule has 0 saturated carbocycles. The molecule has 0 aliphatic rings. The summed E-state index contributed by atoms with van der Waals surface area (Å²) in [7, 11) is 1.33. The van der Waals surface area contributed by atoms with E-state index in [0.717, 1.165) is 13.0 Å². The summed E-state index contributed by atoms with van der Waals surface area (Å²) < 4.78 is 4.63. The average molecular weight is 323 g/mol. The van der Waals surface area contributed by atoms with Crippen molar-refractivity contribution in [3.05, 3.63) is 10.0 Å². The van der Waals surface area contributed by atoms with E-state index in [1.54, 1.807) is 0 Å². The molecule has 0 atom stereocenters. The van der Waals surface area contributed by atoms with Crippen molar-refractivity contribution in [2.24, 2.45) is 0 Å². The maximum Gasteiger partial charge on any atom is 0.351 e. The predicted octanol–water partition coefficient (Wildman–Crippen LogP) is 3.92. The molecule has 108 valence electrons. The number of carbonyl (C=O) groups excluding carboxylic acids is 1. The Balaban J connectivity index is 2.25. The molecular weight excluding hydrogens is 304 g/mol. The zero-order valence-electron chi connectivity index (χ0n) is 11.2. The predicted molar refractivity (Wildman–Crippen MR) is 83.8 cm³/mol. The lowest BCUT2D eigenvalue weighted by atomic mass is 10.2. The number of carbonyl (C=O) groups is 1. The number of esters is 1. The monoisotopic (exact) mass is 322 g/mol. The van der Waals surface area contributed by atoms with Crippen molar-refractivity contribution in [3.63, 3.8) is 0 Å². The summed E-state index contributed by atoms with van der Waals surface area (Å²) in [6, 6.07) is 0. The fourth-order valence-electron chi connectivity index (χ4n) is 1.52. The lowest BCUT2D eigenvalue weighted by Crippen LogP contribution is -2.00. The number of rotatable bonds is 9. The molecule has 0 unspecified atom stereocenters. The minimum Gasteiger partial charge on any atom is -0.465 e. The Kier molecular flexibility index (Phi) is 8.25. The van der Waals surface area contributed by atoms with Crippen LogP contribution in [-0.4, -0.2) is 36.6 Å². The summed E-state index contributed by atoms with van der Waals surface area (Å²) in [4.78, 5) is 15.8. The van der Waals surface area contributed by atoms with E-state index in [9.17, 15) is 4.79 Å². The van der Waals surface area contributed by atoms with Crippen molar-refractivity contribution in [3.8, 4) is 0 Å². The van der Waals surface area contributed by atoms with Crippen LogP contribution in [0.3, 0.4) is 0 Å². The van der Waals surface area contributed by atoms with Crippen LogP contribution in [-0.2, 0) is 4.74 Å². The van der Waals surface area contributed by atoms with Gasteiger partial charge in [-0.2, -0.15) is 11.8 Å². The van der Waals surface area contributed by atoms with Crippen LogP contribution in [0.15, 0.2) is 0 Å². The molecule has 1 aromatic heterocycles. The Morgan fingerprint density at radius 3 is 2.84 bits per heavy atom. The molecule has 4 nitrogen and oxygen atoms in total. The molecule has 0 amide bonds. The average Bonchev–Trinajstić information content (AvgIpc) is 2.78. The van der Waals surface area contributed by atoms with Crippen LogP contribution in [0, 0.1) is 0 Å². The standard InChI is InChI=1S/C12H19ClN2O2S2/c1-17-11(16)9-10(13)15-12(19-9)14-7-5-3-4-6-8-18-2/h3-8H2,1-2H3,(H,14,15). The van der Waals surface area contributed by atoms with Crippen LogP contribution in [0.4, 0.5) is 5.13 Å². The second kappa shape index (κ2) is 9.44. The third kappa shape index (κ3) is 6.01. The Hall–Kier alpha value is -0.460. The van der Waals surface area contributed by atoms with Gasteiger partial charge >= 0.3 is 5.97 Å². The number of nitrogens with zero attached hydrogens (tertiary/aromatic N) is 1. The Morgan fingerprint density at radius 1 is 1.42 bits per heavy atom. The van der Waals surface area contributed by atoms with Gasteiger partial charge in [0.15, 0.2) is 15.2 Å². The van der Waals surface area contributed by atoms with Gasteiger partial charge in [0.05, 0.1) is 7.11 Å². The van der Waals surface area contributed by atoms with Crippen molar-refractivity contribution in [1.29, 1.82) is 0 Å². The SMILES string of the molecule is COC(=O)c1sc(NCCCCCCSC)nc1Cl. The molecule has 0 bridgehead atoms. The molecule has 1 heterocycles. The fraction of sp³-hybridized carbons (Fsp3) is 0.667. The van der Waals surface area contributed by atoms with Crippen molar-refractivity contribution < 1.29 is 9.53 Å². The van der Waals surface area contributed by atoms with E-state index in [0.29, 0.717) is 10.0 Å². The van der Waals surface area contributed by atoms with Gasteiger partial charge in [-0.3, -0.25) is 0 Å². The quantitative estimate of drug-likeness (QED) is 0.551. The summed E-state index contributed by atoms with van der Waals surface area (Å²) in [5.74, 6) is 0.797. The number of methoxy groups -OCH3 is 1. The molecular formula is C12H19ClN2O2S2. The van der Waals surface area contributed by atoms with E-state index in [-0.39, 0.29) is 5.15 Å². The van der Waals surface area contributed by atoms with Gasteiger partial charge in [-0.05, 0) is 24.9 Å². The molecule has 1 aromatic rings. The Morgan fingerprint density at radius 2 is 2.16 bits per heavy atom. The van der Waals surface area contributed by atoms with E-state index < -0.39 is 5.97 Å². The zero-order valence-corrected chi connectivity index (χ0v) is 13.6. The van der Waals surface area contributed by atoms with Crippen molar-refractivity contribution in [1.82, 2.24) is 4.98 Å². The third-order valence-electron chi connectivity index (χ3n) is 2.51. The minimum absolute atomic E-state index is 0.208. The normalized spacial score (nSPS) is 10.5. The number of nitrogens with one attached hydrogen (secondary N) is 1. The zero-order chi connectivity index (χ0) is 14.1. The number of halogens is 1. The van der Waals surface area contributed by atoms with Crippen LogP contribution in [0.1, 0.15) is 35.4 Å². The molecule has 19 heavy (non-hydrogen) atoms. The van der Waals surface area contributed by atoms with Gasteiger partial charge in [-0.1, -0.05) is 35.8 Å². The summed E-state index contributed by atoms with van der Waals surface area (Å²) in [5.41, 5.74) is 0. The molecule has 7 heteroatoms. The molecule has 0 spiro atoms. The number of hydrogen-bond donors (Lipinski definition) is 1. The van der Waals surface area contributed by atoms with Gasteiger partial charge in [0.2, 0.25) is 0 Å². The lowest BCUT2D eigenvalue weighted by Gasteiger charge is -2.02. The van der Waals surface area contributed by atoms with Gasteiger partial charge in [0.1, 0.15) is 0 Å². The van der Waals surface area contributed by atoms with Crippen molar-refractivity contribution >= 4 is 45.8 Å². The first-order valence-corrected chi connectivity index (χ1v) is 8.75. The number of hydrogen-bond acceptors (Lipinski definition) is 6. The topological polar surface area (TPSA) is 51.2 Å². The number of unbranched alkanes of at least 4 members (excludes halogenated alkanes) is 3. The molecule has 0 fully saturated rings. The van der Waals surface area contributed by atoms with E-state index in [1.807, 2.05) is 11.8 Å². The molecule has 0 aliphatic carbocycles. The molecule has 0 saturated heterocycles. The molecule has 0 radical (unpaired) electrons. The summed E-state index contributed by atoms with van der Waals surface area (Å²) in [5, 5.41) is 4.07. The summed E-state index contributed by atoms with van der Waals surface area (Å²) >= 11 is 8.99. The number of anilines is 1. The highest BCUT2D eigenvalue weighted by Crippen LogP contribution is 2.27. The number of thioether (sulfide) groups is 1. The molecule has 1 rings (SSSR count). The fourth-order valence-corrected chi connectivity index (χ4v) is 3.14. The first kappa shape index (κ1) is 16.6. The first-order valence-electron chi connectivity index (χ1n) is 6.16. The minimum atomic E-state index is -0.437. The summed E-state index contributed by atoms with van der Waals surface area (Å²) in [6.07, 6.45) is 6.97. The highest BCUT2D eigenvalue weighted by molar-refractivity contribution is 7.98. The third-order valence-corrected chi connectivity index (χ3v) is 4.58. The van der Waals surface area contributed by atoms with E-state index in [1.165, 1.54) is 43.5 Å². The lowest BCUT2D eigenvalue weighted by molar-refractivity contribution is 0.0606. The van der Waals surface area contributed by atoms with E-state index >= 15 is 0 Å².